The Morgan fingerprint density at radius 3 is 2.30 bits per heavy atom. The second kappa shape index (κ2) is 6.92. The van der Waals surface area contributed by atoms with E-state index in [2.05, 4.69) is 25.9 Å². The standard InChI is InChI=1S/C15H17BrFN3O2S/c1-4-13-12(9-16)14(10-5-7-11(17)8-6-10)19-15(18-13)20(2)23(3,21)22/h5-8H,4,9H2,1-3H3. The van der Waals surface area contributed by atoms with Crippen molar-refractivity contribution in [1.29, 1.82) is 0 Å². The summed E-state index contributed by atoms with van der Waals surface area (Å²) in [5, 5.41) is 0.520. The highest BCUT2D eigenvalue weighted by molar-refractivity contribution is 9.08. The Kier molecular flexibility index (Phi) is 5.36. The summed E-state index contributed by atoms with van der Waals surface area (Å²) in [6.45, 7) is 1.94. The van der Waals surface area contributed by atoms with Gasteiger partial charge in [-0.3, -0.25) is 0 Å². The lowest BCUT2D eigenvalue weighted by Crippen LogP contribution is -2.27. The third-order valence-electron chi connectivity index (χ3n) is 3.45. The van der Waals surface area contributed by atoms with Crippen LogP contribution in [0, 0.1) is 5.82 Å². The van der Waals surface area contributed by atoms with Gasteiger partial charge >= 0.3 is 0 Å². The molecule has 0 unspecified atom stereocenters. The normalized spacial score (nSPS) is 11.5. The summed E-state index contributed by atoms with van der Waals surface area (Å²) in [6, 6.07) is 5.93. The molecule has 23 heavy (non-hydrogen) atoms. The fourth-order valence-electron chi connectivity index (χ4n) is 2.09. The number of rotatable bonds is 5. The number of halogens is 2. The topological polar surface area (TPSA) is 63.2 Å². The predicted octanol–water partition coefficient (Wildman–Crippen LogP) is 3.14. The van der Waals surface area contributed by atoms with E-state index in [1.165, 1.54) is 19.2 Å². The molecule has 8 heteroatoms. The lowest BCUT2D eigenvalue weighted by molar-refractivity contribution is 0.599. The Morgan fingerprint density at radius 2 is 1.83 bits per heavy atom. The lowest BCUT2D eigenvalue weighted by Gasteiger charge is -2.19. The van der Waals surface area contributed by atoms with Crippen molar-refractivity contribution in [3.63, 3.8) is 0 Å². The van der Waals surface area contributed by atoms with Gasteiger partial charge in [-0.05, 0) is 30.7 Å². The summed E-state index contributed by atoms with van der Waals surface area (Å²) >= 11 is 3.43. The van der Waals surface area contributed by atoms with E-state index in [4.69, 9.17) is 0 Å². The minimum atomic E-state index is -3.47. The van der Waals surface area contributed by atoms with Crippen molar-refractivity contribution in [1.82, 2.24) is 9.97 Å². The molecule has 0 amide bonds. The molecule has 0 aliphatic rings. The number of hydrogen-bond donors (Lipinski definition) is 0. The maximum Gasteiger partial charge on any atom is 0.239 e. The van der Waals surface area contributed by atoms with Gasteiger partial charge in [0.2, 0.25) is 16.0 Å². The zero-order valence-corrected chi connectivity index (χ0v) is 15.4. The average Bonchev–Trinajstić information content (AvgIpc) is 2.52. The van der Waals surface area contributed by atoms with Gasteiger partial charge in [0.15, 0.2) is 0 Å². The second-order valence-corrected chi connectivity index (χ2v) is 7.60. The molecule has 1 aromatic carbocycles. The van der Waals surface area contributed by atoms with Crippen LogP contribution in [0.4, 0.5) is 10.3 Å². The van der Waals surface area contributed by atoms with Crippen LogP contribution in [-0.2, 0) is 21.8 Å². The molecule has 1 heterocycles. The van der Waals surface area contributed by atoms with Crippen molar-refractivity contribution >= 4 is 31.9 Å². The van der Waals surface area contributed by atoms with Crippen LogP contribution in [0.5, 0.6) is 0 Å². The zero-order chi connectivity index (χ0) is 17.2. The third-order valence-corrected chi connectivity index (χ3v) is 5.17. The van der Waals surface area contributed by atoms with Gasteiger partial charge in [-0.1, -0.05) is 22.9 Å². The summed E-state index contributed by atoms with van der Waals surface area (Å²) in [4.78, 5) is 8.77. The quantitative estimate of drug-likeness (QED) is 0.721. The first-order valence-electron chi connectivity index (χ1n) is 6.93. The highest BCUT2D eigenvalue weighted by Gasteiger charge is 2.20. The largest absolute Gasteiger partial charge is 0.241 e. The highest BCUT2D eigenvalue weighted by atomic mass is 79.9. The number of anilines is 1. The fourth-order valence-corrected chi connectivity index (χ4v) is 3.05. The van der Waals surface area contributed by atoms with Gasteiger partial charge in [-0.15, -0.1) is 0 Å². The number of benzene rings is 1. The molecule has 0 atom stereocenters. The van der Waals surface area contributed by atoms with E-state index < -0.39 is 10.0 Å². The zero-order valence-electron chi connectivity index (χ0n) is 13.0. The van der Waals surface area contributed by atoms with Gasteiger partial charge in [0.05, 0.1) is 17.6 Å². The number of nitrogens with zero attached hydrogens (tertiary/aromatic N) is 3. The molecule has 0 saturated carbocycles. The van der Waals surface area contributed by atoms with Gasteiger partial charge < -0.3 is 0 Å². The Balaban J connectivity index is 2.70. The van der Waals surface area contributed by atoms with Crippen LogP contribution >= 0.6 is 15.9 Å². The first kappa shape index (κ1) is 17.8. The molecule has 124 valence electrons. The van der Waals surface area contributed by atoms with Gasteiger partial charge in [0.1, 0.15) is 5.82 Å². The molecule has 0 aliphatic heterocycles. The summed E-state index contributed by atoms with van der Waals surface area (Å²) in [7, 11) is -2.06. The molecule has 0 radical (unpaired) electrons. The third kappa shape index (κ3) is 3.87. The minimum absolute atomic E-state index is 0.105. The van der Waals surface area contributed by atoms with Crippen LogP contribution in [0.1, 0.15) is 18.2 Å². The molecule has 2 rings (SSSR count). The molecule has 2 aromatic rings. The molecule has 0 N–H and O–H groups in total. The van der Waals surface area contributed by atoms with Crippen LogP contribution in [0.25, 0.3) is 11.3 Å². The smallest absolute Gasteiger partial charge is 0.239 e. The van der Waals surface area contributed by atoms with Gasteiger partial charge in [0, 0.05) is 23.5 Å². The Labute approximate surface area is 143 Å². The van der Waals surface area contributed by atoms with Crippen molar-refractivity contribution in [2.24, 2.45) is 0 Å². The van der Waals surface area contributed by atoms with E-state index in [0.29, 0.717) is 23.0 Å². The van der Waals surface area contributed by atoms with Crippen molar-refractivity contribution in [3.8, 4) is 11.3 Å². The van der Waals surface area contributed by atoms with E-state index in [1.54, 1.807) is 12.1 Å². The summed E-state index contributed by atoms with van der Waals surface area (Å²) in [5.74, 6) is -0.235. The van der Waals surface area contributed by atoms with Crippen LogP contribution in [-0.4, -0.2) is 31.7 Å². The van der Waals surface area contributed by atoms with Crippen LogP contribution in [0.2, 0.25) is 0 Å². The Bertz CT molecular complexity index is 810. The number of hydrogen-bond acceptors (Lipinski definition) is 4. The van der Waals surface area contributed by atoms with E-state index in [9.17, 15) is 12.8 Å². The molecule has 0 saturated heterocycles. The second-order valence-electron chi connectivity index (χ2n) is 5.02. The SMILES string of the molecule is CCc1nc(N(C)S(C)(=O)=O)nc(-c2ccc(F)cc2)c1CBr. The van der Waals surface area contributed by atoms with Gasteiger partial charge in [-0.2, -0.15) is 0 Å². The predicted molar refractivity (Wildman–Crippen MR) is 92.7 cm³/mol. The van der Waals surface area contributed by atoms with Crippen LogP contribution < -0.4 is 4.31 Å². The molecular weight excluding hydrogens is 385 g/mol. The number of aromatic nitrogens is 2. The molecule has 5 nitrogen and oxygen atoms in total. The molecule has 1 aromatic heterocycles. The van der Waals surface area contributed by atoms with Crippen molar-refractivity contribution in [3.05, 3.63) is 41.3 Å². The van der Waals surface area contributed by atoms with E-state index in [1.807, 2.05) is 6.92 Å². The Morgan fingerprint density at radius 1 is 1.22 bits per heavy atom. The van der Waals surface area contributed by atoms with Crippen LogP contribution in [0.3, 0.4) is 0 Å². The maximum absolute atomic E-state index is 13.2. The number of aryl methyl sites for hydroxylation is 1. The number of alkyl halides is 1. The van der Waals surface area contributed by atoms with Crippen LogP contribution in [0.15, 0.2) is 24.3 Å². The van der Waals surface area contributed by atoms with Crippen molar-refractivity contribution < 1.29 is 12.8 Å². The number of sulfonamides is 1. The van der Waals surface area contributed by atoms with E-state index >= 15 is 0 Å². The Hall–Kier alpha value is -1.54. The van der Waals surface area contributed by atoms with Gasteiger partial charge in [-0.25, -0.2) is 27.1 Å². The lowest BCUT2D eigenvalue weighted by atomic mass is 10.0. The summed E-state index contributed by atoms with van der Waals surface area (Å²) in [5.41, 5.74) is 2.92. The van der Waals surface area contributed by atoms with Crippen molar-refractivity contribution in [2.75, 3.05) is 17.6 Å². The average molecular weight is 402 g/mol. The highest BCUT2D eigenvalue weighted by Crippen LogP contribution is 2.28. The maximum atomic E-state index is 13.2. The van der Waals surface area contributed by atoms with Crippen molar-refractivity contribution in [2.45, 2.75) is 18.7 Å². The monoisotopic (exact) mass is 401 g/mol. The molecule has 0 spiro atoms. The molecular formula is C15H17BrFN3O2S. The van der Waals surface area contributed by atoms with E-state index in [0.717, 1.165) is 21.8 Å². The summed E-state index contributed by atoms with van der Waals surface area (Å²) < 4.78 is 37.7. The first-order chi connectivity index (χ1) is 10.8. The van der Waals surface area contributed by atoms with E-state index in [-0.39, 0.29) is 11.8 Å². The molecule has 0 aliphatic carbocycles. The first-order valence-corrected chi connectivity index (χ1v) is 9.90. The fraction of sp³-hybridized carbons (Fsp3) is 0.333. The minimum Gasteiger partial charge on any atom is -0.241 e. The summed E-state index contributed by atoms with van der Waals surface area (Å²) in [6.07, 6.45) is 1.72. The molecule has 0 fully saturated rings. The molecule has 0 bridgehead atoms. The van der Waals surface area contributed by atoms with Gasteiger partial charge in [0.25, 0.3) is 0 Å².